The van der Waals surface area contributed by atoms with Gasteiger partial charge in [0, 0.05) is 6.07 Å². The van der Waals surface area contributed by atoms with Crippen LogP contribution >= 0.6 is 0 Å². The molecular formula is C18H15N3O7S2. The summed E-state index contributed by atoms with van der Waals surface area (Å²) in [6.07, 6.45) is 0. The molecule has 10 nitrogen and oxygen atoms in total. The first-order chi connectivity index (χ1) is 14.2. The average molecular weight is 449 g/mol. The number of nitrogens with one attached hydrogen (secondary N) is 1. The van der Waals surface area contributed by atoms with Gasteiger partial charge >= 0.3 is 0 Å². The van der Waals surface area contributed by atoms with E-state index in [1.165, 1.54) is 35.3 Å². The van der Waals surface area contributed by atoms with Crippen molar-refractivity contribution in [3.05, 3.63) is 82.9 Å². The second kappa shape index (κ2) is 8.49. The van der Waals surface area contributed by atoms with Gasteiger partial charge in [-0.05, 0) is 42.5 Å². The van der Waals surface area contributed by atoms with E-state index in [0.717, 1.165) is 12.1 Å². The van der Waals surface area contributed by atoms with E-state index in [2.05, 4.69) is 5.43 Å². The molecule has 12 heteroatoms. The van der Waals surface area contributed by atoms with Crippen LogP contribution in [0, 0.1) is 10.1 Å². The van der Waals surface area contributed by atoms with Gasteiger partial charge in [-0.3, -0.25) is 20.1 Å². The van der Waals surface area contributed by atoms with E-state index in [0.29, 0.717) is 5.69 Å². The van der Waals surface area contributed by atoms with Crippen molar-refractivity contribution in [1.82, 2.24) is 0 Å². The normalized spacial score (nSPS) is 11.3. The molecule has 0 spiro atoms. The summed E-state index contributed by atoms with van der Waals surface area (Å²) in [5.74, 6) is 0. The molecule has 0 aromatic heterocycles. The summed E-state index contributed by atoms with van der Waals surface area (Å²) in [5, 5.41) is 12.9. The summed E-state index contributed by atoms with van der Waals surface area (Å²) in [6.45, 7) is 0. The highest BCUT2D eigenvalue weighted by Gasteiger charge is 2.24. The van der Waals surface area contributed by atoms with Gasteiger partial charge in [0.05, 0.1) is 26.1 Å². The van der Waals surface area contributed by atoms with Crippen LogP contribution in [0.4, 0.5) is 22.7 Å². The molecule has 156 valence electrons. The van der Waals surface area contributed by atoms with E-state index < -0.39 is 36.3 Å². The minimum atomic E-state index is -4.53. The van der Waals surface area contributed by atoms with Crippen molar-refractivity contribution < 1.29 is 26.3 Å². The zero-order valence-electron chi connectivity index (χ0n) is 15.1. The Morgan fingerprint density at radius 2 is 1.67 bits per heavy atom. The molecule has 0 aliphatic carbocycles. The second-order valence-electron chi connectivity index (χ2n) is 5.97. The van der Waals surface area contributed by atoms with E-state index in [4.69, 9.17) is 0 Å². The van der Waals surface area contributed by atoms with E-state index in [9.17, 15) is 31.5 Å². The van der Waals surface area contributed by atoms with Crippen LogP contribution in [0.15, 0.2) is 82.6 Å². The van der Waals surface area contributed by atoms with Crippen LogP contribution < -0.4 is 10.4 Å². The fraction of sp³-hybridized carbons (Fsp3) is 0. The van der Waals surface area contributed by atoms with E-state index >= 15 is 0 Å². The molecule has 0 fully saturated rings. The first-order valence-corrected chi connectivity index (χ1v) is 10.9. The maximum absolute atomic E-state index is 11.6. The lowest BCUT2D eigenvalue weighted by Crippen LogP contribution is -2.25. The molecule has 0 heterocycles. The van der Waals surface area contributed by atoms with E-state index in [1.54, 1.807) is 30.3 Å². The Morgan fingerprint density at radius 1 is 0.967 bits per heavy atom. The number of para-hydroxylation sites is 1. The molecule has 0 saturated carbocycles. The van der Waals surface area contributed by atoms with E-state index in [-0.39, 0.29) is 16.3 Å². The van der Waals surface area contributed by atoms with Gasteiger partial charge in [-0.2, -0.15) is 8.42 Å². The third kappa shape index (κ3) is 4.74. The predicted octanol–water partition coefficient (Wildman–Crippen LogP) is 2.98. The van der Waals surface area contributed by atoms with Gasteiger partial charge in [0.15, 0.2) is 10.7 Å². The smallest absolute Gasteiger partial charge is 0.294 e. The molecule has 3 rings (SSSR count). The summed E-state index contributed by atoms with van der Waals surface area (Å²) in [4.78, 5) is 10.2. The lowest BCUT2D eigenvalue weighted by Gasteiger charge is -2.26. The fourth-order valence-electron chi connectivity index (χ4n) is 2.65. The van der Waals surface area contributed by atoms with Crippen LogP contribution in [0.25, 0.3) is 0 Å². The topological polar surface area (TPSA) is 147 Å². The van der Waals surface area contributed by atoms with Crippen LogP contribution in [-0.4, -0.2) is 26.3 Å². The highest BCUT2D eigenvalue weighted by atomic mass is 32.2. The zero-order chi connectivity index (χ0) is 21.9. The molecule has 0 aliphatic rings. The third-order valence-electron chi connectivity index (χ3n) is 4.00. The Morgan fingerprint density at radius 3 is 2.27 bits per heavy atom. The van der Waals surface area contributed by atoms with Crippen molar-refractivity contribution in [2.75, 3.05) is 10.4 Å². The molecule has 0 amide bonds. The van der Waals surface area contributed by atoms with Crippen LogP contribution in [0.5, 0.6) is 0 Å². The number of hydrazine groups is 1. The average Bonchev–Trinajstić information content (AvgIpc) is 2.72. The highest BCUT2D eigenvalue weighted by molar-refractivity contribution is 7.85. The van der Waals surface area contributed by atoms with Gasteiger partial charge in [0.1, 0.15) is 5.69 Å². The maximum atomic E-state index is 11.6. The van der Waals surface area contributed by atoms with Gasteiger partial charge in [0.2, 0.25) is 0 Å². The Balaban J connectivity index is 2.22. The standard InChI is InChI=1S/C18H15N3O7S2/c22-21(23)18-12-15(29(24)25)9-10-17(18)20(19-13-5-2-1-3-6-13)14-7-4-8-16(11-14)30(26,27)28/h1-12,19,29H,(H,26,27,28). The fourth-order valence-corrected chi connectivity index (χ4v) is 3.59. The monoisotopic (exact) mass is 449 g/mol. The van der Waals surface area contributed by atoms with Crippen LogP contribution in [-0.2, 0) is 20.8 Å². The minimum Gasteiger partial charge on any atom is -0.294 e. The van der Waals surface area contributed by atoms with Gasteiger partial charge in [-0.15, -0.1) is 0 Å². The molecule has 0 saturated heterocycles. The van der Waals surface area contributed by atoms with Crippen LogP contribution in [0.3, 0.4) is 0 Å². The lowest BCUT2D eigenvalue weighted by molar-refractivity contribution is -0.384. The first-order valence-electron chi connectivity index (χ1n) is 8.29. The Bertz CT molecular complexity index is 1270. The number of rotatable bonds is 7. The molecular weight excluding hydrogens is 434 g/mol. The summed E-state index contributed by atoms with van der Waals surface area (Å²) in [5.41, 5.74) is 3.04. The van der Waals surface area contributed by atoms with Crippen molar-refractivity contribution in [1.29, 1.82) is 0 Å². The first kappa shape index (κ1) is 21.2. The largest absolute Gasteiger partial charge is 0.296 e. The van der Waals surface area contributed by atoms with Crippen molar-refractivity contribution in [2.45, 2.75) is 9.79 Å². The molecule has 0 radical (unpaired) electrons. The second-order valence-corrected chi connectivity index (χ2v) is 8.43. The summed E-state index contributed by atoms with van der Waals surface area (Å²) >= 11 is 0. The predicted molar refractivity (Wildman–Crippen MR) is 110 cm³/mol. The quantitative estimate of drug-likeness (QED) is 0.214. The number of nitro groups is 1. The Kier molecular flexibility index (Phi) is 6.01. The molecule has 0 unspecified atom stereocenters. The van der Waals surface area contributed by atoms with Gasteiger partial charge in [-0.25, -0.2) is 13.4 Å². The van der Waals surface area contributed by atoms with E-state index in [1.807, 2.05) is 0 Å². The minimum absolute atomic E-state index is 0.0445. The van der Waals surface area contributed by atoms with Crippen molar-refractivity contribution >= 4 is 43.6 Å². The zero-order valence-corrected chi connectivity index (χ0v) is 16.8. The molecule has 3 aromatic carbocycles. The van der Waals surface area contributed by atoms with Crippen LogP contribution in [0.2, 0.25) is 0 Å². The van der Waals surface area contributed by atoms with Gasteiger partial charge in [-0.1, -0.05) is 24.3 Å². The highest BCUT2D eigenvalue weighted by Crippen LogP contribution is 2.35. The Labute approximate surface area is 173 Å². The molecule has 0 atom stereocenters. The number of nitro benzene ring substituents is 1. The van der Waals surface area contributed by atoms with Crippen LogP contribution in [0.1, 0.15) is 0 Å². The summed E-state index contributed by atoms with van der Waals surface area (Å²) in [6, 6.07) is 17.0. The molecule has 30 heavy (non-hydrogen) atoms. The summed E-state index contributed by atoms with van der Waals surface area (Å²) in [7, 11) is -7.57. The molecule has 2 N–H and O–H groups in total. The molecule has 0 aliphatic heterocycles. The number of thiol groups is 1. The Hall–Kier alpha value is -3.48. The van der Waals surface area contributed by atoms with Crippen molar-refractivity contribution in [3.8, 4) is 0 Å². The lowest BCUT2D eigenvalue weighted by atomic mass is 10.2. The number of anilines is 3. The van der Waals surface area contributed by atoms with Crippen molar-refractivity contribution in [2.24, 2.45) is 0 Å². The molecule has 3 aromatic rings. The maximum Gasteiger partial charge on any atom is 0.296 e. The van der Waals surface area contributed by atoms with Gasteiger partial charge < -0.3 is 0 Å². The van der Waals surface area contributed by atoms with Crippen molar-refractivity contribution in [3.63, 3.8) is 0 Å². The number of nitrogens with zero attached hydrogens (tertiary/aromatic N) is 2. The number of benzene rings is 3. The van der Waals surface area contributed by atoms with Gasteiger partial charge in [0.25, 0.3) is 15.8 Å². The molecule has 0 bridgehead atoms. The summed E-state index contributed by atoms with van der Waals surface area (Å²) < 4.78 is 55.0. The SMILES string of the molecule is O=[N+]([O-])c1cc([SH](=O)=O)ccc1N(Nc1ccccc1)c1cccc(S(=O)(=O)O)c1. The third-order valence-corrected chi connectivity index (χ3v) is 5.55. The number of hydrogen-bond acceptors (Lipinski definition) is 8. The number of hydrogen-bond donors (Lipinski definition) is 3.